The Morgan fingerprint density at radius 1 is 1.09 bits per heavy atom. The van der Waals surface area contributed by atoms with Gasteiger partial charge in [0.05, 0.1) is 0 Å². The van der Waals surface area contributed by atoms with E-state index >= 15 is 0 Å². The highest BCUT2D eigenvalue weighted by atomic mass is 35.5. The van der Waals surface area contributed by atoms with Gasteiger partial charge in [0.15, 0.2) is 0 Å². The molecule has 0 radical (unpaired) electrons. The molecule has 0 aromatic rings. The van der Waals surface area contributed by atoms with E-state index in [0.717, 1.165) is 4.36 Å². The van der Waals surface area contributed by atoms with Crippen LogP contribution in [-0.4, -0.2) is 11.4 Å². The maximum absolute atomic E-state index is 11.7. The Morgan fingerprint density at radius 2 is 1.45 bits per heavy atom. The van der Waals surface area contributed by atoms with Crippen LogP contribution in [0.3, 0.4) is 0 Å². The van der Waals surface area contributed by atoms with E-state index < -0.39 is 22.9 Å². The molecular weight excluding hydrogens is 220 g/mol. The third-order valence-electron chi connectivity index (χ3n) is 0.525. The lowest BCUT2D eigenvalue weighted by Gasteiger charge is -2.14. The van der Waals surface area contributed by atoms with E-state index in [1.165, 1.54) is 0 Å². The van der Waals surface area contributed by atoms with Gasteiger partial charge in [-0.15, -0.1) is 12.1 Å². The molecule has 0 saturated carbocycles. The summed E-state index contributed by atoms with van der Waals surface area (Å²) >= 11 is -0.358. The Kier molecular flexibility index (Phi) is 3.18. The van der Waals surface area contributed by atoms with Crippen molar-refractivity contribution in [1.29, 1.82) is 0 Å². The lowest BCUT2D eigenvalue weighted by Crippen LogP contribution is -2.33. The standard InChI is InChI=1S/C2ClF6NS/c3-1(4,5)2(6,7)10-11(8)9. The molecule has 0 bridgehead atoms. The van der Waals surface area contributed by atoms with Crippen LogP contribution in [0.1, 0.15) is 0 Å². The zero-order valence-electron chi connectivity index (χ0n) is 4.50. The average molecular weight is 220 g/mol. The third-order valence-corrected chi connectivity index (χ3v) is 1.12. The second kappa shape index (κ2) is 3.18. The minimum absolute atomic E-state index is 1.16. The van der Waals surface area contributed by atoms with Crippen LogP contribution in [0.25, 0.3) is 0 Å². The summed E-state index contributed by atoms with van der Waals surface area (Å²) in [5.74, 6) is 0. The zero-order chi connectivity index (χ0) is 9.28. The van der Waals surface area contributed by atoms with Crippen LogP contribution in [0, 0.1) is 0 Å². The predicted octanol–water partition coefficient (Wildman–Crippen LogP) is 2.98. The van der Waals surface area contributed by atoms with Crippen molar-refractivity contribution >= 4 is 23.1 Å². The van der Waals surface area contributed by atoms with Crippen molar-refractivity contribution in [3.63, 3.8) is 0 Å². The summed E-state index contributed by atoms with van der Waals surface area (Å²) in [6.07, 6.45) is 0. The van der Waals surface area contributed by atoms with Crippen molar-refractivity contribution in [2.75, 3.05) is 0 Å². The molecule has 0 aliphatic carbocycles. The summed E-state index contributed by atoms with van der Waals surface area (Å²) in [6.45, 7) is 0. The van der Waals surface area contributed by atoms with E-state index in [9.17, 15) is 25.3 Å². The highest BCUT2D eigenvalue weighted by molar-refractivity contribution is 7.76. The molecule has 0 rings (SSSR count). The second-order valence-corrected chi connectivity index (χ2v) is 2.38. The van der Waals surface area contributed by atoms with Crippen LogP contribution in [0.2, 0.25) is 0 Å². The van der Waals surface area contributed by atoms with Gasteiger partial charge in [-0.3, -0.25) is 0 Å². The van der Waals surface area contributed by atoms with Gasteiger partial charge < -0.3 is 0 Å². The van der Waals surface area contributed by atoms with Crippen LogP contribution in [-0.2, 0) is 11.5 Å². The molecule has 0 fully saturated rings. The summed E-state index contributed by atoms with van der Waals surface area (Å²) in [5.41, 5.74) is 0. The van der Waals surface area contributed by atoms with Gasteiger partial charge in [0, 0.05) is 0 Å². The number of hydrogen-bond acceptors (Lipinski definition) is 1. The Bertz CT molecular complexity index is 170. The van der Waals surface area contributed by atoms with E-state index in [-0.39, 0.29) is 0 Å². The summed E-state index contributed by atoms with van der Waals surface area (Å²) in [7, 11) is 0. The first-order chi connectivity index (χ1) is 4.67. The quantitative estimate of drug-likeness (QED) is 0.385. The molecule has 0 aliphatic rings. The topological polar surface area (TPSA) is 12.4 Å². The highest BCUT2D eigenvalue weighted by Crippen LogP contribution is 2.39. The minimum Gasteiger partial charge on any atom is -0.178 e. The first-order valence-corrected chi connectivity index (χ1v) is 3.27. The van der Waals surface area contributed by atoms with Gasteiger partial charge in [0.1, 0.15) is 0 Å². The summed E-state index contributed by atoms with van der Waals surface area (Å²) in [5, 5.41) is -5.07. The largest absolute Gasteiger partial charge is 0.429 e. The lowest BCUT2D eigenvalue weighted by atomic mass is 10.6. The van der Waals surface area contributed by atoms with Crippen molar-refractivity contribution in [2.45, 2.75) is 11.4 Å². The molecule has 0 aromatic heterocycles. The molecular formula is C2ClF6NS. The molecule has 68 valence electrons. The van der Waals surface area contributed by atoms with E-state index in [1.807, 2.05) is 0 Å². The Balaban J connectivity index is 4.61. The molecule has 0 amide bonds. The van der Waals surface area contributed by atoms with E-state index in [2.05, 4.69) is 11.6 Å². The molecule has 0 spiro atoms. The number of hydrogen-bond donors (Lipinski definition) is 0. The van der Waals surface area contributed by atoms with Crippen LogP contribution >= 0.6 is 11.6 Å². The van der Waals surface area contributed by atoms with Crippen LogP contribution in [0.15, 0.2) is 4.36 Å². The smallest absolute Gasteiger partial charge is 0.178 e. The Hall–Kier alpha value is 0.0200. The van der Waals surface area contributed by atoms with Crippen molar-refractivity contribution in [2.24, 2.45) is 4.36 Å². The molecule has 0 N–H and O–H groups in total. The fraction of sp³-hybridized carbons (Fsp3) is 1.00. The predicted molar refractivity (Wildman–Crippen MR) is 27.8 cm³/mol. The van der Waals surface area contributed by atoms with E-state index in [0.29, 0.717) is 0 Å². The van der Waals surface area contributed by atoms with Crippen LogP contribution in [0.4, 0.5) is 25.3 Å². The zero-order valence-corrected chi connectivity index (χ0v) is 6.07. The number of alkyl halides is 5. The summed E-state index contributed by atoms with van der Waals surface area (Å²) in [6, 6.07) is -5.22. The van der Waals surface area contributed by atoms with Gasteiger partial charge >= 0.3 is 11.4 Å². The van der Waals surface area contributed by atoms with E-state index in [4.69, 9.17) is 0 Å². The monoisotopic (exact) mass is 219 g/mol. The molecule has 0 aliphatic heterocycles. The normalized spacial score (nSPS) is 13.8. The fourth-order valence-corrected chi connectivity index (χ4v) is 0.519. The summed E-state index contributed by atoms with van der Waals surface area (Å²) < 4.78 is 69.5. The molecule has 0 heterocycles. The van der Waals surface area contributed by atoms with Crippen molar-refractivity contribution in [3.05, 3.63) is 0 Å². The molecule has 0 saturated heterocycles. The Labute approximate surface area is 65.0 Å². The van der Waals surface area contributed by atoms with Crippen molar-refractivity contribution in [1.82, 2.24) is 0 Å². The number of halogens is 7. The van der Waals surface area contributed by atoms with Gasteiger partial charge in [-0.1, -0.05) is 0 Å². The average Bonchev–Trinajstić information content (AvgIpc) is 1.56. The first kappa shape index (κ1) is 11.0. The minimum atomic E-state index is -5.22. The van der Waals surface area contributed by atoms with Gasteiger partial charge in [-0.25, -0.2) is 0 Å². The maximum Gasteiger partial charge on any atom is 0.429 e. The maximum atomic E-state index is 11.7. The first-order valence-electron chi connectivity index (χ1n) is 1.91. The number of nitrogens with zero attached hydrogens (tertiary/aromatic N) is 1. The third kappa shape index (κ3) is 3.28. The van der Waals surface area contributed by atoms with Gasteiger partial charge in [-0.2, -0.15) is 17.6 Å². The molecule has 0 atom stereocenters. The van der Waals surface area contributed by atoms with Crippen molar-refractivity contribution < 1.29 is 25.3 Å². The molecule has 1 nitrogen and oxygen atoms in total. The van der Waals surface area contributed by atoms with Gasteiger partial charge in [0.2, 0.25) is 0 Å². The molecule has 0 unspecified atom stereocenters. The van der Waals surface area contributed by atoms with Crippen molar-refractivity contribution in [3.8, 4) is 0 Å². The molecule has 9 heteroatoms. The van der Waals surface area contributed by atoms with Gasteiger partial charge in [-0.05, 0) is 11.6 Å². The van der Waals surface area contributed by atoms with E-state index in [1.54, 1.807) is 0 Å². The fourth-order valence-electron chi connectivity index (χ4n) is 0.138. The lowest BCUT2D eigenvalue weighted by molar-refractivity contribution is -0.149. The van der Waals surface area contributed by atoms with Crippen LogP contribution < -0.4 is 0 Å². The number of rotatable bonds is 2. The van der Waals surface area contributed by atoms with Crippen LogP contribution in [0.5, 0.6) is 0 Å². The molecule has 0 aromatic carbocycles. The highest BCUT2D eigenvalue weighted by Gasteiger charge is 2.56. The van der Waals surface area contributed by atoms with Gasteiger partial charge in [0.25, 0.3) is 11.5 Å². The molecule has 11 heavy (non-hydrogen) atoms. The SMILES string of the molecule is FS(F)=NC(F)(F)C(F)(F)Cl. The Morgan fingerprint density at radius 3 is 1.55 bits per heavy atom. The summed E-state index contributed by atoms with van der Waals surface area (Å²) in [4.78, 5) is 0. The second-order valence-electron chi connectivity index (χ2n) is 1.33.